The highest BCUT2D eigenvalue weighted by Gasteiger charge is 2.34. The second kappa shape index (κ2) is 5.70. The zero-order valence-corrected chi connectivity index (χ0v) is 12.1. The SMILES string of the molecule is O=C1CC(c2ccccc2)CN1C(=O)c1ccc(Cl)cc1. The molecule has 2 amide bonds. The van der Waals surface area contributed by atoms with Crippen molar-refractivity contribution in [3.05, 3.63) is 70.7 Å². The minimum Gasteiger partial charge on any atom is -0.278 e. The van der Waals surface area contributed by atoms with Crippen LogP contribution in [0.25, 0.3) is 0 Å². The molecule has 0 bridgehead atoms. The zero-order chi connectivity index (χ0) is 14.8. The van der Waals surface area contributed by atoms with Crippen LogP contribution in [0.1, 0.15) is 28.3 Å². The Morgan fingerprint density at radius 2 is 1.71 bits per heavy atom. The number of carbonyl (C=O) groups is 2. The molecule has 0 aliphatic carbocycles. The van der Waals surface area contributed by atoms with Crippen LogP contribution in [0.4, 0.5) is 0 Å². The van der Waals surface area contributed by atoms with E-state index in [1.807, 2.05) is 30.3 Å². The molecular weight excluding hydrogens is 286 g/mol. The summed E-state index contributed by atoms with van der Waals surface area (Å²) in [5.41, 5.74) is 1.58. The van der Waals surface area contributed by atoms with E-state index < -0.39 is 0 Å². The average molecular weight is 300 g/mol. The highest BCUT2D eigenvalue weighted by molar-refractivity contribution is 6.30. The maximum atomic E-state index is 12.4. The normalized spacial score (nSPS) is 18.0. The van der Waals surface area contributed by atoms with Crippen LogP contribution in [0.15, 0.2) is 54.6 Å². The third kappa shape index (κ3) is 2.83. The maximum Gasteiger partial charge on any atom is 0.260 e. The molecule has 1 aliphatic rings. The number of carbonyl (C=O) groups excluding carboxylic acids is 2. The molecule has 106 valence electrons. The predicted octanol–water partition coefficient (Wildman–Crippen LogP) is 3.50. The van der Waals surface area contributed by atoms with Gasteiger partial charge in [0.05, 0.1) is 0 Å². The van der Waals surface area contributed by atoms with Crippen molar-refractivity contribution in [3.8, 4) is 0 Å². The van der Waals surface area contributed by atoms with Gasteiger partial charge in [0.2, 0.25) is 5.91 Å². The Balaban J connectivity index is 1.79. The quantitative estimate of drug-likeness (QED) is 0.796. The van der Waals surface area contributed by atoms with E-state index in [-0.39, 0.29) is 17.7 Å². The fourth-order valence-corrected chi connectivity index (χ4v) is 2.73. The number of hydrogen-bond donors (Lipinski definition) is 0. The lowest BCUT2D eigenvalue weighted by atomic mass is 9.98. The Hall–Kier alpha value is -2.13. The molecule has 3 rings (SSSR count). The fourth-order valence-electron chi connectivity index (χ4n) is 2.60. The lowest BCUT2D eigenvalue weighted by Gasteiger charge is -2.15. The summed E-state index contributed by atoms with van der Waals surface area (Å²) in [5.74, 6) is -0.297. The van der Waals surface area contributed by atoms with E-state index in [4.69, 9.17) is 11.6 Å². The van der Waals surface area contributed by atoms with Crippen molar-refractivity contribution in [2.75, 3.05) is 6.54 Å². The molecule has 0 spiro atoms. The summed E-state index contributed by atoms with van der Waals surface area (Å²) in [7, 11) is 0. The van der Waals surface area contributed by atoms with Crippen molar-refractivity contribution in [1.29, 1.82) is 0 Å². The van der Waals surface area contributed by atoms with Gasteiger partial charge < -0.3 is 0 Å². The number of amides is 2. The summed E-state index contributed by atoms with van der Waals surface area (Å²) < 4.78 is 0. The van der Waals surface area contributed by atoms with Crippen molar-refractivity contribution < 1.29 is 9.59 Å². The van der Waals surface area contributed by atoms with Crippen LogP contribution in [-0.4, -0.2) is 23.3 Å². The van der Waals surface area contributed by atoms with E-state index in [1.165, 1.54) is 4.90 Å². The average Bonchev–Trinajstić information content (AvgIpc) is 2.90. The topological polar surface area (TPSA) is 37.4 Å². The number of likely N-dealkylation sites (tertiary alicyclic amines) is 1. The standard InChI is InChI=1S/C17H14ClNO2/c18-15-8-6-13(7-9-15)17(21)19-11-14(10-16(19)20)12-4-2-1-3-5-12/h1-9,14H,10-11H2. The van der Waals surface area contributed by atoms with Crippen molar-refractivity contribution in [1.82, 2.24) is 4.90 Å². The van der Waals surface area contributed by atoms with Crippen molar-refractivity contribution in [2.45, 2.75) is 12.3 Å². The van der Waals surface area contributed by atoms with E-state index in [2.05, 4.69) is 0 Å². The Labute approximate surface area is 128 Å². The highest BCUT2D eigenvalue weighted by Crippen LogP contribution is 2.29. The lowest BCUT2D eigenvalue weighted by molar-refractivity contribution is -0.125. The number of hydrogen-bond acceptors (Lipinski definition) is 2. The molecule has 1 saturated heterocycles. The maximum absolute atomic E-state index is 12.4. The third-order valence-corrected chi connectivity index (χ3v) is 3.98. The van der Waals surface area contributed by atoms with Gasteiger partial charge in [-0.2, -0.15) is 0 Å². The van der Waals surface area contributed by atoms with Gasteiger partial charge in [0.15, 0.2) is 0 Å². The van der Waals surface area contributed by atoms with Gasteiger partial charge in [-0.3, -0.25) is 14.5 Å². The molecule has 0 radical (unpaired) electrons. The lowest BCUT2D eigenvalue weighted by Crippen LogP contribution is -2.32. The summed E-state index contributed by atoms with van der Waals surface area (Å²) in [5, 5.41) is 0.571. The smallest absolute Gasteiger partial charge is 0.260 e. The van der Waals surface area contributed by atoms with Crippen LogP contribution < -0.4 is 0 Å². The molecule has 0 N–H and O–H groups in total. The van der Waals surface area contributed by atoms with Crippen molar-refractivity contribution in [3.63, 3.8) is 0 Å². The van der Waals surface area contributed by atoms with Crippen LogP contribution in [0.2, 0.25) is 5.02 Å². The minimum absolute atomic E-state index is 0.0787. The molecule has 0 aromatic heterocycles. The monoisotopic (exact) mass is 299 g/mol. The van der Waals surface area contributed by atoms with Crippen molar-refractivity contribution >= 4 is 23.4 Å². The van der Waals surface area contributed by atoms with Crippen LogP contribution in [0.3, 0.4) is 0 Å². The first-order chi connectivity index (χ1) is 10.1. The fraction of sp³-hybridized carbons (Fsp3) is 0.176. The van der Waals surface area contributed by atoms with Gasteiger partial charge in [-0.25, -0.2) is 0 Å². The summed E-state index contributed by atoms with van der Waals surface area (Å²) in [6.07, 6.45) is 0.378. The van der Waals surface area contributed by atoms with Gasteiger partial charge in [-0.1, -0.05) is 41.9 Å². The summed E-state index contributed by atoms with van der Waals surface area (Å²) in [6.45, 7) is 0.435. The van der Waals surface area contributed by atoms with E-state index in [0.29, 0.717) is 23.6 Å². The van der Waals surface area contributed by atoms with E-state index in [0.717, 1.165) is 5.56 Å². The Kier molecular flexibility index (Phi) is 3.76. The van der Waals surface area contributed by atoms with E-state index in [1.54, 1.807) is 24.3 Å². The Bertz CT molecular complexity index is 667. The Morgan fingerprint density at radius 3 is 2.38 bits per heavy atom. The van der Waals surface area contributed by atoms with Gasteiger partial charge in [0.25, 0.3) is 5.91 Å². The molecule has 2 aromatic carbocycles. The molecule has 0 saturated carbocycles. The highest BCUT2D eigenvalue weighted by atomic mass is 35.5. The number of halogens is 1. The van der Waals surface area contributed by atoms with Crippen LogP contribution in [0.5, 0.6) is 0 Å². The molecular formula is C17H14ClNO2. The van der Waals surface area contributed by atoms with Gasteiger partial charge in [-0.05, 0) is 29.8 Å². The second-order valence-corrected chi connectivity index (χ2v) is 5.56. The van der Waals surface area contributed by atoms with Gasteiger partial charge in [0.1, 0.15) is 0 Å². The molecule has 1 aliphatic heterocycles. The first-order valence-corrected chi connectivity index (χ1v) is 7.18. The third-order valence-electron chi connectivity index (χ3n) is 3.73. The second-order valence-electron chi connectivity index (χ2n) is 5.13. The van der Waals surface area contributed by atoms with Gasteiger partial charge in [-0.15, -0.1) is 0 Å². The van der Waals surface area contributed by atoms with Crippen LogP contribution >= 0.6 is 11.6 Å². The van der Waals surface area contributed by atoms with Crippen LogP contribution in [-0.2, 0) is 4.79 Å². The molecule has 1 heterocycles. The summed E-state index contributed by atoms with van der Waals surface area (Å²) in [6, 6.07) is 16.4. The molecule has 4 heteroatoms. The van der Waals surface area contributed by atoms with Gasteiger partial charge >= 0.3 is 0 Å². The molecule has 1 fully saturated rings. The predicted molar refractivity (Wildman–Crippen MR) is 81.3 cm³/mol. The Morgan fingerprint density at radius 1 is 1.05 bits per heavy atom. The molecule has 1 atom stereocenters. The van der Waals surface area contributed by atoms with Crippen LogP contribution in [0, 0.1) is 0 Å². The largest absolute Gasteiger partial charge is 0.278 e. The zero-order valence-electron chi connectivity index (χ0n) is 11.3. The molecule has 21 heavy (non-hydrogen) atoms. The number of imide groups is 1. The van der Waals surface area contributed by atoms with E-state index in [9.17, 15) is 9.59 Å². The summed E-state index contributed by atoms with van der Waals surface area (Å²) in [4.78, 5) is 25.9. The minimum atomic E-state index is -0.255. The number of rotatable bonds is 2. The molecule has 2 aromatic rings. The van der Waals surface area contributed by atoms with Gasteiger partial charge in [0, 0.05) is 29.5 Å². The molecule has 3 nitrogen and oxygen atoms in total. The van der Waals surface area contributed by atoms with E-state index >= 15 is 0 Å². The number of benzene rings is 2. The molecule has 1 unspecified atom stereocenters. The summed E-state index contributed by atoms with van der Waals surface area (Å²) >= 11 is 5.82. The first kappa shape index (κ1) is 13.8. The van der Waals surface area contributed by atoms with Crippen molar-refractivity contribution in [2.24, 2.45) is 0 Å². The first-order valence-electron chi connectivity index (χ1n) is 6.80. The number of nitrogens with zero attached hydrogens (tertiary/aromatic N) is 1.